The lowest BCUT2D eigenvalue weighted by Gasteiger charge is -2.14. The maximum atomic E-state index is 12.7. The lowest BCUT2D eigenvalue weighted by molar-refractivity contribution is 0.309. The molecule has 3 nitrogen and oxygen atoms in total. The van der Waals surface area contributed by atoms with Gasteiger partial charge in [0.2, 0.25) is 0 Å². The molecule has 14 heavy (non-hydrogen) atoms. The minimum absolute atomic E-state index is 0.00928. The van der Waals surface area contributed by atoms with Crippen molar-refractivity contribution in [1.29, 1.82) is 0 Å². The van der Waals surface area contributed by atoms with E-state index in [1.165, 1.54) is 0 Å². The summed E-state index contributed by atoms with van der Waals surface area (Å²) in [7, 11) is 0. The van der Waals surface area contributed by atoms with Crippen LogP contribution in [-0.2, 0) is 11.0 Å². The summed E-state index contributed by atoms with van der Waals surface area (Å²) in [5, 5.41) is 8.10. The maximum Gasteiger partial charge on any atom is 0.115 e. The van der Waals surface area contributed by atoms with Crippen molar-refractivity contribution in [3.63, 3.8) is 0 Å². The molecule has 0 unspecified atom stereocenters. The molecule has 0 atom stereocenters. The minimum Gasteiger partial charge on any atom is -0.248 e. The van der Waals surface area contributed by atoms with Crippen molar-refractivity contribution in [2.24, 2.45) is 0 Å². The van der Waals surface area contributed by atoms with Gasteiger partial charge >= 0.3 is 0 Å². The molecule has 2 rings (SSSR count). The molecule has 1 aromatic heterocycles. The van der Waals surface area contributed by atoms with Gasteiger partial charge in [-0.1, -0.05) is 26.0 Å². The van der Waals surface area contributed by atoms with E-state index in [4.69, 9.17) is 0 Å². The molecule has 1 aliphatic carbocycles. The average molecular weight is 197 g/mol. The van der Waals surface area contributed by atoms with Gasteiger partial charge in [0, 0.05) is 11.6 Å². The summed E-state index contributed by atoms with van der Waals surface area (Å²) in [6.07, 6.45) is 3.65. The van der Waals surface area contributed by atoms with Crippen LogP contribution in [0.2, 0.25) is 0 Å². The van der Waals surface area contributed by atoms with Crippen LogP contribution < -0.4 is 0 Å². The number of halogens is 1. The SMILES string of the molecule is CC(C)(C)c1cn(C2(CF)CC2)nn1. The fourth-order valence-electron chi connectivity index (χ4n) is 1.41. The van der Waals surface area contributed by atoms with Crippen molar-refractivity contribution in [2.45, 2.75) is 44.6 Å². The third-order valence-electron chi connectivity index (χ3n) is 2.82. The second-order valence-corrected chi connectivity index (χ2v) is 5.16. The standard InChI is InChI=1S/C10H16FN3/c1-9(2,3)8-6-14(13-12-8)10(7-11)4-5-10/h6H,4-5,7H2,1-3H3. The van der Waals surface area contributed by atoms with Crippen LogP contribution in [0.25, 0.3) is 0 Å². The second kappa shape index (κ2) is 2.78. The van der Waals surface area contributed by atoms with Crippen molar-refractivity contribution < 1.29 is 4.39 Å². The number of hydrogen-bond donors (Lipinski definition) is 0. The Hall–Kier alpha value is -0.930. The second-order valence-electron chi connectivity index (χ2n) is 5.16. The molecule has 1 fully saturated rings. The number of alkyl halides is 1. The molecule has 1 heterocycles. The Morgan fingerprint density at radius 2 is 2.14 bits per heavy atom. The first-order valence-electron chi connectivity index (χ1n) is 4.97. The van der Waals surface area contributed by atoms with Crippen molar-refractivity contribution in [3.8, 4) is 0 Å². The molecule has 1 aromatic rings. The Balaban J connectivity index is 2.27. The quantitative estimate of drug-likeness (QED) is 0.726. The van der Waals surface area contributed by atoms with Gasteiger partial charge in [-0.2, -0.15) is 0 Å². The van der Waals surface area contributed by atoms with E-state index in [1.54, 1.807) is 4.68 Å². The topological polar surface area (TPSA) is 30.7 Å². The van der Waals surface area contributed by atoms with Crippen LogP contribution in [-0.4, -0.2) is 21.7 Å². The van der Waals surface area contributed by atoms with Crippen LogP contribution in [0.4, 0.5) is 4.39 Å². The largest absolute Gasteiger partial charge is 0.248 e. The van der Waals surface area contributed by atoms with E-state index in [0.717, 1.165) is 18.5 Å². The summed E-state index contributed by atoms with van der Waals surface area (Å²) in [5.41, 5.74) is 0.568. The summed E-state index contributed by atoms with van der Waals surface area (Å²) >= 11 is 0. The van der Waals surface area contributed by atoms with Gasteiger partial charge in [-0.05, 0) is 12.8 Å². The third kappa shape index (κ3) is 1.42. The lowest BCUT2D eigenvalue weighted by atomic mass is 9.93. The van der Waals surface area contributed by atoms with E-state index >= 15 is 0 Å². The Morgan fingerprint density at radius 1 is 1.50 bits per heavy atom. The molecular formula is C10H16FN3. The third-order valence-corrected chi connectivity index (χ3v) is 2.82. The molecule has 4 heteroatoms. The first-order valence-corrected chi connectivity index (χ1v) is 4.97. The predicted octanol–water partition coefficient (Wildman–Crippen LogP) is 2.03. The lowest BCUT2D eigenvalue weighted by Crippen LogP contribution is -2.20. The van der Waals surface area contributed by atoms with E-state index in [2.05, 4.69) is 31.1 Å². The van der Waals surface area contributed by atoms with E-state index < -0.39 is 0 Å². The predicted molar refractivity (Wildman–Crippen MR) is 51.9 cm³/mol. The highest BCUT2D eigenvalue weighted by molar-refractivity contribution is 5.10. The van der Waals surface area contributed by atoms with Gasteiger partial charge in [-0.3, -0.25) is 0 Å². The monoisotopic (exact) mass is 197 g/mol. The molecule has 1 saturated carbocycles. The van der Waals surface area contributed by atoms with Crippen LogP contribution in [0.15, 0.2) is 6.20 Å². The van der Waals surface area contributed by atoms with Gasteiger partial charge in [-0.25, -0.2) is 9.07 Å². The fraction of sp³-hybridized carbons (Fsp3) is 0.800. The normalized spacial score (nSPS) is 19.7. The van der Waals surface area contributed by atoms with Crippen LogP contribution in [0.5, 0.6) is 0 Å². The van der Waals surface area contributed by atoms with Crippen LogP contribution in [0.3, 0.4) is 0 Å². The maximum absolute atomic E-state index is 12.7. The molecule has 0 N–H and O–H groups in total. The summed E-state index contributed by atoms with van der Waals surface area (Å²) in [6.45, 7) is 5.91. The Kier molecular flexibility index (Phi) is 1.91. The first-order chi connectivity index (χ1) is 6.48. The fourth-order valence-corrected chi connectivity index (χ4v) is 1.41. The summed E-state index contributed by atoms with van der Waals surface area (Å²) in [6, 6.07) is 0. The molecule has 0 aromatic carbocycles. The van der Waals surface area contributed by atoms with Gasteiger partial charge in [0.15, 0.2) is 0 Å². The van der Waals surface area contributed by atoms with E-state index in [1.807, 2.05) is 6.20 Å². The Bertz CT molecular complexity index is 333. The Morgan fingerprint density at radius 3 is 2.50 bits per heavy atom. The first kappa shape index (κ1) is 9.62. The molecule has 0 radical (unpaired) electrons. The van der Waals surface area contributed by atoms with Crippen molar-refractivity contribution >= 4 is 0 Å². The van der Waals surface area contributed by atoms with Crippen LogP contribution in [0.1, 0.15) is 39.3 Å². The molecule has 0 amide bonds. The number of nitrogens with zero attached hydrogens (tertiary/aromatic N) is 3. The highest BCUT2D eigenvalue weighted by Crippen LogP contribution is 2.43. The zero-order chi connectivity index (χ0) is 10.4. The number of rotatable bonds is 2. The van der Waals surface area contributed by atoms with Gasteiger partial charge in [0.05, 0.1) is 11.2 Å². The van der Waals surface area contributed by atoms with Gasteiger partial charge in [0.25, 0.3) is 0 Å². The van der Waals surface area contributed by atoms with E-state index in [0.29, 0.717) is 0 Å². The Labute approximate surface area is 83.3 Å². The highest BCUT2D eigenvalue weighted by Gasteiger charge is 2.46. The van der Waals surface area contributed by atoms with Crippen molar-refractivity contribution in [2.75, 3.05) is 6.67 Å². The van der Waals surface area contributed by atoms with Gasteiger partial charge < -0.3 is 0 Å². The smallest absolute Gasteiger partial charge is 0.115 e. The summed E-state index contributed by atoms with van der Waals surface area (Å²) < 4.78 is 14.4. The number of aromatic nitrogens is 3. The van der Waals surface area contributed by atoms with E-state index in [9.17, 15) is 4.39 Å². The molecule has 0 aliphatic heterocycles. The van der Waals surface area contributed by atoms with Crippen molar-refractivity contribution in [1.82, 2.24) is 15.0 Å². The molecule has 78 valence electrons. The zero-order valence-corrected chi connectivity index (χ0v) is 8.92. The van der Waals surface area contributed by atoms with Crippen molar-refractivity contribution in [3.05, 3.63) is 11.9 Å². The van der Waals surface area contributed by atoms with Crippen LogP contribution in [0, 0.1) is 0 Å². The molecule has 0 saturated heterocycles. The molecular weight excluding hydrogens is 181 g/mol. The molecule has 0 bridgehead atoms. The highest BCUT2D eigenvalue weighted by atomic mass is 19.1. The molecule has 0 spiro atoms. The summed E-state index contributed by atoms with van der Waals surface area (Å²) in [5.74, 6) is 0. The average Bonchev–Trinajstić information content (AvgIpc) is 2.73. The minimum atomic E-state index is -0.351. The van der Waals surface area contributed by atoms with Crippen LogP contribution >= 0.6 is 0 Å². The van der Waals surface area contributed by atoms with E-state index in [-0.39, 0.29) is 17.6 Å². The van der Waals surface area contributed by atoms with Gasteiger partial charge in [-0.15, -0.1) is 5.10 Å². The molecule has 1 aliphatic rings. The number of hydrogen-bond acceptors (Lipinski definition) is 2. The summed E-state index contributed by atoms with van der Waals surface area (Å²) in [4.78, 5) is 0. The zero-order valence-electron chi connectivity index (χ0n) is 8.92. The van der Waals surface area contributed by atoms with Gasteiger partial charge in [0.1, 0.15) is 6.67 Å².